The molecule has 1 aromatic carbocycles. The highest BCUT2D eigenvalue weighted by atomic mass is 32.2. The lowest BCUT2D eigenvalue weighted by molar-refractivity contribution is 0.319. The van der Waals surface area contributed by atoms with Crippen LogP contribution in [0.5, 0.6) is 0 Å². The number of nitrogens with zero attached hydrogens (tertiary/aromatic N) is 2. The van der Waals surface area contributed by atoms with Gasteiger partial charge >= 0.3 is 10.2 Å². The van der Waals surface area contributed by atoms with Crippen LogP contribution in [0.2, 0.25) is 0 Å². The van der Waals surface area contributed by atoms with Crippen molar-refractivity contribution in [1.82, 2.24) is 4.31 Å². The Morgan fingerprint density at radius 2 is 1.89 bits per heavy atom. The van der Waals surface area contributed by atoms with Crippen LogP contribution in [0.15, 0.2) is 29.4 Å². The van der Waals surface area contributed by atoms with E-state index in [0.29, 0.717) is 30.1 Å². The molecule has 1 rings (SSSR count). The van der Waals surface area contributed by atoms with Gasteiger partial charge in [-0.1, -0.05) is 37.2 Å². The van der Waals surface area contributed by atoms with Gasteiger partial charge < -0.3 is 5.21 Å². The first-order valence-corrected chi connectivity index (χ1v) is 7.46. The molecule has 0 atom stereocenters. The first kappa shape index (κ1) is 15.5. The molecule has 0 fully saturated rings. The Bertz CT molecular complexity index is 551. The van der Waals surface area contributed by atoms with Crippen LogP contribution >= 0.6 is 0 Å². The third kappa shape index (κ3) is 3.68. The average molecular weight is 285 g/mol. The average Bonchev–Trinajstić information content (AvgIpc) is 2.39. The summed E-state index contributed by atoms with van der Waals surface area (Å²) < 4.78 is 28.1. The van der Waals surface area contributed by atoms with Crippen molar-refractivity contribution < 1.29 is 13.6 Å². The van der Waals surface area contributed by atoms with Crippen LogP contribution in [0.25, 0.3) is 0 Å². The van der Waals surface area contributed by atoms with Crippen molar-refractivity contribution in [3.8, 4) is 0 Å². The number of rotatable bonds is 6. The molecule has 0 unspecified atom stereocenters. The summed E-state index contributed by atoms with van der Waals surface area (Å²) >= 11 is 0. The molecule has 2 N–H and O–H groups in total. The Morgan fingerprint density at radius 1 is 1.32 bits per heavy atom. The van der Waals surface area contributed by atoms with E-state index in [4.69, 9.17) is 5.21 Å². The number of hydrogen-bond donors (Lipinski definition) is 2. The maximum absolute atomic E-state index is 12.1. The van der Waals surface area contributed by atoms with Crippen molar-refractivity contribution in [2.24, 2.45) is 5.16 Å². The van der Waals surface area contributed by atoms with Gasteiger partial charge in [-0.25, -0.2) is 0 Å². The second-order valence-electron chi connectivity index (χ2n) is 3.92. The standard InChI is InChI=1S/C12H19N3O3S/c1-4-15(5-2)19(17,18)14-12-9-7-6-8-11(12)10(3)13-16/h6-9,14,16H,4-5H2,1-3H3/b13-10+. The lowest BCUT2D eigenvalue weighted by atomic mass is 10.1. The number of hydrogen-bond acceptors (Lipinski definition) is 4. The lowest BCUT2D eigenvalue weighted by Gasteiger charge is -2.20. The van der Waals surface area contributed by atoms with Crippen molar-refractivity contribution in [2.75, 3.05) is 17.8 Å². The minimum absolute atomic E-state index is 0.345. The van der Waals surface area contributed by atoms with Gasteiger partial charge in [0.05, 0.1) is 11.4 Å². The van der Waals surface area contributed by atoms with Crippen LogP contribution < -0.4 is 4.72 Å². The Morgan fingerprint density at radius 3 is 2.42 bits per heavy atom. The molecule has 0 heterocycles. The van der Waals surface area contributed by atoms with E-state index in [-0.39, 0.29) is 0 Å². The zero-order valence-electron chi connectivity index (χ0n) is 11.3. The summed E-state index contributed by atoms with van der Waals surface area (Å²) in [6.07, 6.45) is 0. The quantitative estimate of drug-likeness (QED) is 0.475. The minimum Gasteiger partial charge on any atom is -0.411 e. The van der Waals surface area contributed by atoms with E-state index >= 15 is 0 Å². The Kier molecular flexibility index (Phi) is 5.31. The maximum Gasteiger partial charge on any atom is 0.301 e. The van der Waals surface area contributed by atoms with Gasteiger partial charge in [0.15, 0.2) is 0 Å². The van der Waals surface area contributed by atoms with Crippen LogP contribution in [0.3, 0.4) is 0 Å². The number of nitrogens with one attached hydrogen (secondary N) is 1. The SMILES string of the molecule is CCN(CC)S(=O)(=O)Nc1ccccc1/C(C)=N/O. The Labute approximate surface area is 113 Å². The molecule has 106 valence electrons. The zero-order chi connectivity index (χ0) is 14.5. The van der Waals surface area contributed by atoms with E-state index in [2.05, 4.69) is 9.88 Å². The molecule has 0 saturated carbocycles. The highest BCUT2D eigenvalue weighted by molar-refractivity contribution is 7.90. The van der Waals surface area contributed by atoms with E-state index in [0.717, 1.165) is 0 Å². The minimum atomic E-state index is -3.59. The molecule has 0 amide bonds. The lowest BCUT2D eigenvalue weighted by Crippen LogP contribution is -2.35. The van der Waals surface area contributed by atoms with Crippen molar-refractivity contribution in [3.05, 3.63) is 29.8 Å². The normalized spacial score (nSPS) is 12.7. The highest BCUT2D eigenvalue weighted by Crippen LogP contribution is 2.18. The second-order valence-corrected chi connectivity index (χ2v) is 5.59. The van der Waals surface area contributed by atoms with Crippen LogP contribution in [0.1, 0.15) is 26.3 Å². The summed E-state index contributed by atoms with van der Waals surface area (Å²) in [7, 11) is -3.59. The summed E-state index contributed by atoms with van der Waals surface area (Å²) in [4.78, 5) is 0. The topological polar surface area (TPSA) is 82.0 Å². The fraction of sp³-hybridized carbons (Fsp3) is 0.417. The smallest absolute Gasteiger partial charge is 0.301 e. The molecule has 0 aliphatic carbocycles. The molecule has 0 aliphatic heterocycles. The van der Waals surface area contributed by atoms with Crippen LogP contribution in [0, 0.1) is 0 Å². The third-order valence-electron chi connectivity index (χ3n) is 2.75. The number of para-hydroxylation sites is 1. The van der Waals surface area contributed by atoms with E-state index in [1.807, 2.05) is 0 Å². The van der Waals surface area contributed by atoms with Gasteiger partial charge in [-0.15, -0.1) is 0 Å². The van der Waals surface area contributed by atoms with Gasteiger partial charge in [0.2, 0.25) is 0 Å². The first-order chi connectivity index (χ1) is 8.96. The second kappa shape index (κ2) is 6.53. The van der Waals surface area contributed by atoms with Crippen molar-refractivity contribution in [1.29, 1.82) is 0 Å². The predicted octanol–water partition coefficient (Wildman–Crippen LogP) is 1.88. The molecule has 0 aromatic heterocycles. The van der Waals surface area contributed by atoms with Gasteiger partial charge in [-0.05, 0) is 13.0 Å². The molecule has 6 nitrogen and oxygen atoms in total. The Hall–Kier alpha value is -1.60. The first-order valence-electron chi connectivity index (χ1n) is 6.02. The van der Waals surface area contributed by atoms with E-state index in [9.17, 15) is 8.42 Å². The molecule has 0 saturated heterocycles. The summed E-state index contributed by atoms with van der Waals surface area (Å²) in [5.74, 6) is 0. The van der Waals surface area contributed by atoms with Crippen LogP contribution in [0.4, 0.5) is 5.69 Å². The van der Waals surface area contributed by atoms with Gasteiger partial charge in [0.1, 0.15) is 0 Å². The fourth-order valence-corrected chi connectivity index (χ4v) is 2.97. The van der Waals surface area contributed by atoms with Crippen molar-refractivity contribution >= 4 is 21.6 Å². The monoisotopic (exact) mass is 285 g/mol. The van der Waals surface area contributed by atoms with Gasteiger partial charge in [-0.2, -0.15) is 12.7 Å². The summed E-state index contributed by atoms with van der Waals surface area (Å²) in [6.45, 7) is 5.93. The van der Waals surface area contributed by atoms with Crippen LogP contribution in [-0.4, -0.2) is 36.7 Å². The van der Waals surface area contributed by atoms with Crippen LogP contribution in [-0.2, 0) is 10.2 Å². The molecule has 1 aromatic rings. The molecular weight excluding hydrogens is 266 g/mol. The number of benzene rings is 1. The van der Waals surface area contributed by atoms with Gasteiger partial charge in [0.25, 0.3) is 0 Å². The largest absolute Gasteiger partial charge is 0.411 e. The summed E-state index contributed by atoms with van der Waals surface area (Å²) in [6, 6.07) is 6.79. The summed E-state index contributed by atoms with van der Waals surface area (Å²) in [5.41, 5.74) is 1.28. The molecule has 0 bridgehead atoms. The molecular formula is C12H19N3O3S. The van der Waals surface area contributed by atoms with Gasteiger partial charge in [0, 0.05) is 18.7 Å². The highest BCUT2D eigenvalue weighted by Gasteiger charge is 2.20. The van der Waals surface area contributed by atoms with Crippen molar-refractivity contribution in [2.45, 2.75) is 20.8 Å². The molecule has 0 radical (unpaired) electrons. The third-order valence-corrected chi connectivity index (χ3v) is 4.43. The zero-order valence-corrected chi connectivity index (χ0v) is 12.1. The van der Waals surface area contributed by atoms with E-state index in [1.54, 1.807) is 45.0 Å². The predicted molar refractivity (Wildman–Crippen MR) is 75.9 cm³/mol. The molecule has 0 spiro atoms. The molecule has 7 heteroatoms. The fourth-order valence-electron chi connectivity index (χ4n) is 1.71. The van der Waals surface area contributed by atoms with E-state index in [1.165, 1.54) is 4.31 Å². The van der Waals surface area contributed by atoms with Crippen molar-refractivity contribution in [3.63, 3.8) is 0 Å². The molecule has 0 aliphatic rings. The number of oxime groups is 1. The van der Waals surface area contributed by atoms with Gasteiger partial charge in [-0.3, -0.25) is 4.72 Å². The summed E-state index contributed by atoms with van der Waals surface area (Å²) in [5, 5.41) is 11.9. The van der Waals surface area contributed by atoms with E-state index < -0.39 is 10.2 Å². The Balaban J connectivity index is 3.13. The maximum atomic E-state index is 12.1. The molecule has 19 heavy (non-hydrogen) atoms. The number of anilines is 1.